The number of carbonyl (C=O) groups is 3. The molecule has 3 aromatic rings. The summed E-state index contributed by atoms with van der Waals surface area (Å²) in [6.07, 6.45) is 0. The molecule has 3 amide bonds. The Morgan fingerprint density at radius 3 is 1.81 bits per heavy atom. The predicted octanol–water partition coefficient (Wildman–Crippen LogP) is 3.03. The molecule has 158 valence electrons. The minimum atomic E-state index is -0.531. The van der Waals surface area contributed by atoms with E-state index >= 15 is 0 Å². The first-order chi connectivity index (χ1) is 15.0. The number of amides is 3. The summed E-state index contributed by atoms with van der Waals surface area (Å²) in [4.78, 5) is 37.0. The number of hydrazine groups is 1. The standard InChI is InChI=1S/C23H21N3O5/c1-30-19-11-9-15(10-12-19)21(27)24-18-7-3-5-16(13-18)22(28)25-26-23(29)17-6-4-8-20(14-17)31-2/h3-14H,1-2H3,(H,24,27)(H,25,28)(H,26,29). The average molecular weight is 419 g/mol. The Hall–Kier alpha value is -4.33. The van der Waals surface area contributed by atoms with Crippen molar-refractivity contribution in [1.82, 2.24) is 10.9 Å². The van der Waals surface area contributed by atoms with Gasteiger partial charge in [-0.15, -0.1) is 0 Å². The summed E-state index contributed by atoms with van der Waals surface area (Å²) in [5, 5.41) is 2.73. The molecular formula is C23H21N3O5. The molecule has 0 saturated heterocycles. The van der Waals surface area contributed by atoms with Crippen LogP contribution in [0.1, 0.15) is 31.1 Å². The van der Waals surface area contributed by atoms with E-state index < -0.39 is 11.8 Å². The molecule has 0 radical (unpaired) electrons. The molecule has 8 heteroatoms. The molecule has 0 heterocycles. The van der Waals surface area contributed by atoms with Crippen LogP contribution in [0.15, 0.2) is 72.8 Å². The van der Waals surface area contributed by atoms with E-state index in [-0.39, 0.29) is 11.5 Å². The first kappa shape index (κ1) is 21.4. The first-order valence-corrected chi connectivity index (χ1v) is 9.30. The molecule has 0 bridgehead atoms. The molecule has 3 aromatic carbocycles. The van der Waals surface area contributed by atoms with Gasteiger partial charge in [-0.25, -0.2) is 0 Å². The van der Waals surface area contributed by atoms with Crippen molar-refractivity contribution in [3.8, 4) is 11.5 Å². The third-order valence-corrected chi connectivity index (χ3v) is 4.36. The number of anilines is 1. The minimum Gasteiger partial charge on any atom is -0.497 e. The van der Waals surface area contributed by atoms with Crippen LogP contribution in [0, 0.1) is 0 Å². The molecule has 0 aliphatic carbocycles. The van der Waals surface area contributed by atoms with Crippen molar-refractivity contribution in [3.05, 3.63) is 89.5 Å². The smallest absolute Gasteiger partial charge is 0.269 e. The van der Waals surface area contributed by atoms with E-state index in [1.54, 1.807) is 73.8 Å². The van der Waals surface area contributed by atoms with Crippen LogP contribution in [0.25, 0.3) is 0 Å². The molecule has 0 unspecified atom stereocenters. The second kappa shape index (κ2) is 9.93. The van der Waals surface area contributed by atoms with Gasteiger partial charge in [0.05, 0.1) is 14.2 Å². The molecule has 31 heavy (non-hydrogen) atoms. The molecule has 0 aliphatic heterocycles. The van der Waals surface area contributed by atoms with Crippen LogP contribution in [0.2, 0.25) is 0 Å². The van der Waals surface area contributed by atoms with Gasteiger partial charge >= 0.3 is 0 Å². The number of methoxy groups -OCH3 is 2. The van der Waals surface area contributed by atoms with E-state index in [0.717, 1.165) is 0 Å². The van der Waals surface area contributed by atoms with Crippen LogP contribution >= 0.6 is 0 Å². The van der Waals surface area contributed by atoms with Gasteiger partial charge in [0.1, 0.15) is 11.5 Å². The highest BCUT2D eigenvalue weighted by atomic mass is 16.5. The molecule has 3 N–H and O–H groups in total. The minimum absolute atomic E-state index is 0.262. The Balaban J connectivity index is 1.61. The number of carbonyl (C=O) groups excluding carboxylic acids is 3. The van der Waals surface area contributed by atoms with Crippen LogP contribution in [0.5, 0.6) is 11.5 Å². The Morgan fingerprint density at radius 1 is 0.613 bits per heavy atom. The molecular weight excluding hydrogens is 398 g/mol. The van der Waals surface area contributed by atoms with E-state index in [2.05, 4.69) is 16.2 Å². The number of benzene rings is 3. The third-order valence-electron chi connectivity index (χ3n) is 4.36. The van der Waals surface area contributed by atoms with Gasteiger partial charge in [-0.2, -0.15) is 0 Å². The van der Waals surface area contributed by atoms with E-state index in [1.807, 2.05) is 0 Å². The largest absolute Gasteiger partial charge is 0.497 e. The van der Waals surface area contributed by atoms with Crippen LogP contribution < -0.4 is 25.6 Å². The summed E-state index contributed by atoms with van der Waals surface area (Å²) in [5.41, 5.74) is 6.18. The van der Waals surface area contributed by atoms with Gasteiger partial charge in [0, 0.05) is 22.4 Å². The predicted molar refractivity (Wildman–Crippen MR) is 115 cm³/mol. The van der Waals surface area contributed by atoms with Crippen molar-refractivity contribution in [2.24, 2.45) is 0 Å². The highest BCUT2D eigenvalue weighted by Crippen LogP contribution is 2.15. The zero-order valence-corrected chi connectivity index (χ0v) is 17.0. The molecule has 3 rings (SSSR count). The summed E-state index contributed by atoms with van der Waals surface area (Å²) in [6.45, 7) is 0. The van der Waals surface area contributed by atoms with Crippen molar-refractivity contribution in [1.29, 1.82) is 0 Å². The van der Waals surface area contributed by atoms with Crippen LogP contribution in [-0.4, -0.2) is 31.9 Å². The van der Waals surface area contributed by atoms with Crippen LogP contribution in [0.4, 0.5) is 5.69 Å². The number of hydrogen-bond donors (Lipinski definition) is 3. The molecule has 0 fully saturated rings. The van der Waals surface area contributed by atoms with Gasteiger partial charge in [-0.3, -0.25) is 25.2 Å². The van der Waals surface area contributed by atoms with E-state index in [0.29, 0.717) is 28.3 Å². The summed E-state index contributed by atoms with van der Waals surface area (Å²) < 4.78 is 10.2. The summed E-state index contributed by atoms with van der Waals surface area (Å²) in [5.74, 6) is -0.176. The lowest BCUT2D eigenvalue weighted by molar-refractivity contribution is 0.0846. The molecule has 0 spiro atoms. The van der Waals surface area contributed by atoms with E-state index in [1.165, 1.54) is 13.2 Å². The van der Waals surface area contributed by atoms with Crippen molar-refractivity contribution in [3.63, 3.8) is 0 Å². The SMILES string of the molecule is COc1ccc(C(=O)Nc2cccc(C(=O)NNC(=O)c3cccc(OC)c3)c2)cc1. The van der Waals surface area contributed by atoms with Crippen LogP contribution in [-0.2, 0) is 0 Å². The van der Waals surface area contributed by atoms with E-state index in [9.17, 15) is 14.4 Å². The first-order valence-electron chi connectivity index (χ1n) is 9.30. The maximum Gasteiger partial charge on any atom is 0.269 e. The molecule has 0 saturated carbocycles. The Labute approximate surface area is 179 Å². The van der Waals surface area contributed by atoms with Gasteiger partial charge in [-0.05, 0) is 60.7 Å². The van der Waals surface area contributed by atoms with Gasteiger partial charge in [0.25, 0.3) is 17.7 Å². The highest BCUT2D eigenvalue weighted by molar-refractivity contribution is 6.05. The Bertz CT molecular complexity index is 1100. The van der Waals surface area contributed by atoms with Crippen molar-refractivity contribution in [2.75, 3.05) is 19.5 Å². The fourth-order valence-electron chi connectivity index (χ4n) is 2.71. The fourth-order valence-corrected chi connectivity index (χ4v) is 2.71. The summed E-state index contributed by atoms with van der Waals surface area (Å²) in [7, 11) is 3.05. The van der Waals surface area contributed by atoms with Crippen LogP contribution in [0.3, 0.4) is 0 Å². The number of ether oxygens (including phenoxy) is 2. The van der Waals surface area contributed by atoms with Crippen molar-refractivity contribution < 1.29 is 23.9 Å². The number of nitrogens with one attached hydrogen (secondary N) is 3. The van der Waals surface area contributed by atoms with Crippen molar-refractivity contribution in [2.45, 2.75) is 0 Å². The lowest BCUT2D eigenvalue weighted by Crippen LogP contribution is -2.41. The normalized spacial score (nSPS) is 10.0. The Kier molecular flexibility index (Phi) is 6.85. The quantitative estimate of drug-likeness (QED) is 0.533. The van der Waals surface area contributed by atoms with Gasteiger partial charge in [0.2, 0.25) is 0 Å². The lowest BCUT2D eigenvalue weighted by Gasteiger charge is -2.10. The highest BCUT2D eigenvalue weighted by Gasteiger charge is 2.12. The second-order valence-electron chi connectivity index (χ2n) is 6.40. The van der Waals surface area contributed by atoms with E-state index in [4.69, 9.17) is 9.47 Å². The monoisotopic (exact) mass is 419 g/mol. The topological polar surface area (TPSA) is 106 Å². The summed E-state index contributed by atoms with van der Waals surface area (Å²) >= 11 is 0. The van der Waals surface area contributed by atoms with Crippen molar-refractivity contribution >= 4 is 23.4 Å². The molecule has 0 aliphatic rings. The fraction of sp³-hybridized carbons (Fsp3) is 0.0870. The molecule has 0 aromatic heterocycles. The Morgan fingerprint density at radius 2 is 1.19 bits per heavy atom. The zero-order valence-electron chi connectivity index (χ0n) is 17.0. The van der Waals surface area contributed by atoms with Gasteiger partial charge < -0.3 is 14.8 Å². The van der Waals surface area contributed by atoms with Gasteiger partial charge in [-0.1, -0.05) is 12.1 Å². The lowest BCUT2D eigenvalue weighted by atomic mass is 10.1. The average Bonchev–Trinajstić information content (AvgIpc) is 2.82. The maximum absolute atomic E-state index is 12.4. The number of rotatable bonds is 6. The number of hydrogen-bond acceptors (Lipinski definition) is 5. The zero-order chi connectivity index (χ0) is 22.2. The molecule has 0 atom stereocenters. The molecule has 8 nitrogen and oxygen atoms in total. The summed E-state index contributed by atoms with van der Waals surface area (Å²) in [6, 6.07) is 19.5. The second-order valence-corrected chi connectivity index (χ2v) is 6.40. The third kappa shape index (κ3) is 5.60. The van der Waals surface area contributed by atoms with Gasteiger partial charge in [0.15, 0.2) is 0 Å². The maximum atomic E-state index is 12.4.